The van der Waals surface area contributed by atoms with Crippen LogP contribution in [0.15, 0.2) is 99.5 Å². The minimum Gasteiger partial charge on any atom is -1.00 e. The molecular formula is C35H43Cl3SiTi. The molecule has 3 aromatic rings. The minimum absolute atomic E-state index is 0. The third kappa shape index (κ3) is 6.46. The van der Waals surface area contributed by atoms with Gasteiger partial charge < -0.3 is 37.2 Å². The largest absolute Gasteiger partial charge is 1.00 e. The predicted octanol–water partition coefficient (Wildman–Crippen LogP) is -1.21. The van der Waals surface area contributed by atoms with Crippen LogP contribution in [0.1, 0.15) is 78.4 Å². The molecule has 0 nitrogen and oxygen atoms in total. The molecule has 0 aromatic heterocycles. The molecule has 0 spiro atoms. The zero-order valence-corrected chi connectivity index (χ0v) is 29.7. The molecule has 0 saturated heterocycles. The summed E-state index contributed by atoms with van der Waals surface area (Å²) in [6.07, 6.45) is 7.28. The maximum absolute atomic E-state index is 2.62. The van der Waals surface area contributed by atoms with Gasteiger partial charge in [0.1, 0.15) is 0 Å². The van der Waals surface area contributed by atoms with E-state index in [9.17, 15) is 0 Å². The van der Waals surface area contributed by atoms with E-state index in [4.69, 9.17) is 0 Å². The molecule has 5 heteroatoms. The molecule has 3 aromatic carbocycles. The molecule has 0 N–H and O–H groups in total. The van der Waals surface area contributed by atoms with Gasteiger partial charge in [-0.05, 0) is 0 Å². The Morgan fingerprint density at radius 1 is 0.625 bits per heavy atom. The third-order valence-electron chi connectivity index (χ3n) is 9.04. The smallest absolute Gasteiger partial charge is 1.00 e. The fraction of sp³-hybridized carbons (Fsp3) is 0.371. The van der Waals surface area contributed by atoms with Crippen molar-refractivity contribution in [3.05, 3.63) is 111 Å². The van der Waals surface area contributed by atoms with Gasteiger partial charge in [0, 0.05) is 0 Å². The van der Waals surface area contributed by atoms with Gasteiger partial charge in [-0.15, -0.1) is 0 Å². The first-order valence-corrected chi connectivity index (χ1v) is 17.0. The van der Waals surface area contributed by atoms with Crippen LogP contribution in [0.3, 0.4) is 0 Å². The Morgan fingerprint density at radius 3 is 1.40 bits per heavy atom. The van der Waals surface area contributed by atoms with Crippen molar-refractivity contribution in [3.8, 4) is 0 Å². The Hall–Kier alpha value is -1.06. The number of halogens is 3. The van der Waals surface area contributed by atoms with E-state index in [0.29, 0.717) is 0 Å². The first-order chi connectivity index (χ1) is 17.8. The summed E-state index contributed by atoms with van der Waals surface area (Å²) in [5, 5.41) is 4.56. The van der Waals surface area contributed by atoms with E-state index in [0.717, 1.165) is 12.8 Å². The Labute approximate surface area is 275 Å². The Kier molecular flexibility index (Phi) is 14.8. The van der Waals surface area contributed by atoms with Crippen molar-refractivity contribution in [3.63, 3.8) is 0 Å². The SMILES string of the molecule is CCCCc1cc(CCCC)cc([Si](c2ccccc2)(c2ccccc2)C2(C)C(C)=C(C)C(C)=[C]2[Ti+3])c1.[Cl-].[Cl-].[Cl-]. The van der Waals surface area contributed by atoms with Crippen molar-refractivity contribution >= 4 is 23.6 Å². The van der Waals surface area contributed by atoms with E-state index < -0.39 is 8.07 Å². The van der Waals surface area contributed by atoms with Crippen molar-refractivity contribution in [2.75, 3.05) is 0 Å². The molecule has 1 atom stereocenters. The van der Waals surface area contributed by atoms with E-state index in [1.165, 1.54) is 58.3 Å². The molecule has 40 heavy (non-hydrogen) atoms. The van der Waals surface area contributed by atoms with E-state index in [2.05, 4.69) is 141 Å². The minimum atomic E-state index is -2.58. The molecule has 1 unspecified atom stereocenters. The second kappa shape index (κ2) is 16.0. The number of aryl methyl sites for hydroxylation is 2. The van der Waals surface area contributed by atoms with Crippen LogP contribution in [0.2, 0.25) is 5.04 Å². The average molecular weight is 646 g/mol. The summed E-state index contributed by atoms with van der Waals surface area (Å²) in [5.74, 6) is 0. The van der Waals surface area contributed by atoms with Crippen molar-refractivity contribution in [1.82, 2.24) is 0 Å². The average Bonchev–Trinajstić information content (AvgIpc) is 3.08. The number of allylic oxidation sites excluding steroid dienone is 4. The van der Waals surface area contributed by atoms with E-state index in [1.807, 2.05) is 0 Å². The Bertz CT molecular complexity index is 1210. The van der Waals surface area contributed by atoms with Crippen LogP contribution in [0, 0.1) is 0 Å². The van der Waals surface area contributed by atoms with E-state index >= 15 is 0 Å². The summed E-state index contributed by atoms with van der Waals surface area (Å²) in [4.78, 5) is 0. The van der Waals surface area contributed by atoms with Gasteiger partial charge in [0.2, 0.25) is 0 Å². The number of benzene rings is 3. The quantitative estimate of drug-likeness (QED) is 0.192. The summed E-state index contributed by atoms with van der Waals surface area (Å²) in [5.41, 5.74) is 7.56. The fourth-order valence-electron chi connectivity index (χ4n) is 6.65. The second-order valence-electron chi connectivity index (χ2n) is 11.1. The van der Waals surface area contributed by atoms with Crippen LogP contribution < -0.4 is 52.8 Å². The van der Waals surface area contributed by atoms with Crippen LogP contribution in [0.25, 0.3) is 0 Å². The van der Waals surface area contributed by atoms with E-state index in [1.54, 1.807) is 14.6 Å². The maximum Gasteiger partial charge on any atom is -1.00 e. The van der Waals surface area contributed by atoms with Crippen LogP contribution in [0.5, 0.6) is 0 Å². The molecule has 0 amide bonds. The molecule has 0 fully saturated rings. The van der Waals surface area contributed by atoms with Gasteiger partial charge >= 0.3 is 240 Å². The van der Waals surface area contributed by atoms with Gasteiger partial charge in [-0.25, -0.2) is 0 Å². The van der Waals surface area contributed by atoms with Crippen molar-refractivity contribution in [2.24, 2.45) is 0 Å². The molecular weight excluding hydrogens is 603 g/mol. The summed E-state index contributed by atoms with van der Waals surface area (Å²) in [6, 6.07) is 30.9. The standard InChI is InChI=1S/C35H43Si.3ClH.Ti/c1-7-9-17-30-23-31(18-10-8-2)25-34(24-30)36(32-19-13-11-14-20-32,33-21-15-12-16-22-33)35(6)26-27(3)28(4)29(35)5;;;;/h11-16,19-25H,7-10,17-18H2,1-6H3;3*1H;/q;;;;+3/p-3. The third-order valence-corrected chi connectivity index (χ3v) is 16.5. The first kappa shape index (κ1) is 37.0. The van der Waals surface area contributed by atoms with Crippen molar-refractivity contribution < 1.29 is 57.7 Å². The molecule has 0 heterocycles. The molecule has 0 radical (unpaired) electrons. The van der Waals surface area contributed by atoms with Gasteiger partial charge in [-0.3, -0.25) is 0 Å². The molecule has 1 aliphatic rings. The van der Waals surface area contributed by atoms with E-state index in [-0.39, 0.29) is 42.3 Å². The number of hydrogen-bond acceptors (Lipinski definition) is 0. The first-order valence-electron chi connectivity index (χ1n) is 14.2. The van der Waals surface area contributed by atoms with Crippen LogP contribution in [0.4, 0.5) is 0 Å². The monoisotopic (exact) mass is 644 g/mol. The van der Waals surface area contributed by atoms with Gasteiger partial charge in [-0.1, -0.05) is 0 Å². The fourth-order valence-corrected chi connectivity index (χ4v) is 14.3. The number of unbranched alkanes of at least 4 members (excludes halogenated alkanes) is 2. The van der Waals surface area contributed by atoms with Crippen LogP contribution >= 0.6 is 0 Å². The Balaban J connectivity index is 0.00000267. The van der Waals surface area contributed by atoms with Crippen LogP contribution in [-0.4, -0.2) is 8.07 Å². The zero-order valence-electron chi connectivity index (χ0n) is 24.9. The molecule has 0 bridgehead atoms. The number of hydrogen-bond donors (Lipinski definition) is 0. The maximum atomic E-state index is 2.62. The van der Waals surface area contributed by atoms with Gasteiger partial charge in [0.15, 0.2) is 0 Å². The molecule has 212 valence electrons. The topological polar surface area (TPSA) is 0 Å². The second-order valence-corrected chi connectivity index (χ2v) is 16.1. The normalized spacial score (nSPS) is 16.8. The molecule has 0 saturated carbocycles. The molecule has 4 rings (SSSR count). The zero-order chi connectivity index (χ0) is 26.6. The summed E-state index contributed by atoms with van der Waals surface area (Å²) in [6.45, 7) is 14.3. The summed E-state index contributed by atoms with van der Waals surface area (Å²) in [7, 11) is -2.58. The number of rotatable bonds is 10. The van der Waals surface area contributed by atoms with Crippen LogP contribution in [-0.2, 0) is 33.3 Å². The predicted molar refractivity (Wildman–Crippen MR) is 161 cm³/mol. The molecule has 1 aliphatic carbocycles. The van der Waals surface area contributed by atoms with Gasteiger partial charge in [-0.2, -0.15) is 0 Å². The van der Waals surface area contributed by atoms with Gasteiger partial charge in [0.05, 0.1) is 0 Å². The molecule has 0 aliphatic heterocycles. The van der Waals surface area contributed by atoms with Gasteiger partial charge in [0.25, 0.3) is 0 Å². The van der Waals surface area contributed by atoms with Crippen molar-refractivity contribution in [2.45, 2.75) is 85.1 Å². The summed E-state index contributed by atoms with van der Waals surface area (Å²) < 4.78 is 1.55. The van der Waals surface area contributed by atoms with Crippen molar-refractivity contribution in [1.29, 1.82) is 0 Å². The summed E-state index contributed by atoms with van der Waals surface area (Å²) >= 11 is 2.42. The Morgan fingerprint density at radius 2 is 1.05 bits per heavy atom.